The fraction of sp³-hybridized carbons (Fsp3) is 0.400. The summed E-state index contributed by atoms with van der Waals surface area (Å²) in [7, 11) is -5.71. The first-order chi connectivity index (χ1) is 11.0. The van der Waals surface area contributed by atoms with Crippen molar-refractivity contribution >= 4 is 16.0 Å². The van der Waals surface area contributed by atoms with E-state index in [0.717, 1.165) is 6.07 Å². The Bertz CT molecular complexity index is 758. The van der Waals surface area contributed by atoms with Crippen molar-refractivity contribution in [2.24, 2.45) is 5.92 Å². The Hall–Kier alpha value is -2.03. The van der Waals surface area contributed by atoms with E-state index in [0.29, 0.717) is 18.4 Å². The van der Waals surface area contributed by atoms with Gasteiger partial charge in [0.2, 0.25) is 5.91 Å². The van der Waals surface area contributed by atoms with Crippen LogP contribution in [0, 0.1) is 12.8 Å². The van der Waals surface area contributed by atoms with Crippen LogP contribution in [0.15, 0.2) is 30.9 Å². The van der Waals surface area contributed by atoms with Gasteiger partial charge in [-0.3, -0.25) is 4.79 Å². The molecule has 1 N–H and O–H groups in total. The Labute approximate surface area is 137 Å². The Kier molecular flexibility index (Phi) is 4.93. The number of hydrogen-bond donors (Lipinski definition) is 1. The number of allylic oxidation sites excluding steroid dienone is 1. The zero-order valence-electron chi connectivity index (χ0n) is 12.8. The number of benzene rings is 1. The highest BCUT2D eigenvalue weighted by Crippen LogP contribution is 2.34. The molecule has 0 radical (unpaired) electrons. The summed E-state index contributed by atoms with van der Waals surface area (Å²) in [5.41, 5.74) is -4.60. The number of carbonyl (C=O) groups is 1. The molecule has 1 fully saturated rings. The molecular formula is C15H16F3NO4S. The summed E-state index contributed by atoms with van der Waals surface area (Å²) in [5, 5.41) is 2.80. The van der Waals surface area contributed by atoms with Gasteiger partial charge in [-0.15, -0.1) is 6.58 Å². The lowest BCUT2D eigenvalue weighted by Gasteiger charge is -2.15. The predicted octanol–water partition coefficient (Wildman–Crippen LogP) is 2.98. The Balaban J connectivity index is 2.19. The molecule has 9 heteroatoms. The number of nitrogens with one attached hydrogen (secondary N) is 1. The van der Waals surface area contributed by atoms with Crippen molar-refractivity contribution < 1.29 is 30.6 Å². The van der Waals surface area contributed by atoms with Crippen LogP contribution in [-0.2, 0) is 14.9 Å². The third-order valence-electron chi connectivity index (χ3n) is 3.74. The third kappa shape index (κ3) is 3.72. The second-order valence-electron chi connectivity index (χ2n) is 5.53. The zero-order chi connectivity index (χ0) is 18.1. The topological polar surface area (TPSA) is 72.5 Å². The lowest BCUT2D eigenvalue weighted by molar-refractivity contribution is -0.122. The van der Waals surface area contributed by atoms with E-state index in [1.54, 1.807) is 6.08 Å². The van der Waals surface area contributed by atoms with Crippen molar-refractivity contribution in [3.63, 3.8) is 0 Å². The Morgan fingerprint density at radius 2 is 2.08 bits per heavy atom. The number of hydrogen-bond acceptors (Lipinski definition) is 4. The number of halogens is 3. The maximum Gasteiger partial charge on any atom is 0.534 e. The molecule has 1 heterocycles. The van der Waals surface area contributed by atoms with E-state index in [9.17, 15) is 26.4 Å². The average molecular weight is 363 g/mol. The van der Waals surface area contributed by atoms with Gasteiger partial charge in [0.05, 0.1) is 6.04 Å². The van der Waals surface area contributed by atoms with Crippen LogP contribution in [-0.4, -0.2) is 19.8 Å². The van der Waals surface area contributed by atoms with Gasteiger partial charge >= 0.3 is 15.6 Å². The molecule has 1 saturated heterocycles. The number of alkyl halides is 3. The van der Waals surface area contributed by atoms with Crippen LogP contribution >= 0.6 is 0 Å². The first kappa shape index (κ1) is 18.3. The lowest BCUT2D eigenvalue weighted by Crippen LogP contribution is -2.28. The molecule has 24 heavy (non-hydrogen) atoms. The van der Waals surface area contributed by atoms with E-state index in [2.05, 4.69) is 16.1 Å². The van der Waals surface area contributed by atoms with Crippen molar-refractivity contribution in [2.75, 3.05) is 0 Å². The molecule has 2 unspecified atom stereocenters. The molecule has 1 aliphatic heterocycles. The van der Waals surface area contributed by atoms with E-state index in [1.165, 1.54) is 19.1 Å². The van der Waals surface area contributed by atoms with E-state index in [4.69, 9.17) is 0 Å². The highest BCUT2D eigenvalue weighted by molar-refractivity contribution is 7.88. The molecule has 0 aromatic heterocycles. The summed E-state index contributed by atoms with van der Waals surface area (Å²) in [6.45, 7) is 5.02. The molecule has 0 saturated carbocycles. The lowest BCUT2D eigenvalue weighted by atomic mass is 9.96. The predicted molar refractivity (Wildman–Crippen MR) is 80.6 cm³/mol. The number of carbonyl (C=O) groups excluding carboxylic acids is 1. The summed E-state index contributed by atoms with van der Waals surface area (Å²) in [6, 6.07) is 3.81. The maximum absolute atomic E-state index is 12.4. The smallest absolute Gasteiger partial charge is 0.376 e. The first-order valence-corrected chi connectivity index (χ1v) is 8.48. The van der Waals surface area contributed by atoms with Crippen LogP contribution in [0.2, 0.25) is 0 Å². The summed E-state index contributed by atoms with van der Waals surface area (Å²) in [6.07, 6.45) is 2.72. The fourth-order valence-electron chi connectivity index (χ4n) is 2.51. The SMILES string of the molecule is C=CCC1CC(c2ccc(OS(=O)(=O)C(F)(F)F)c(C)c2)NC1=O. The minimum absolute atomic E-state index is 0.113. The van der Waals surface area contributed by atoms with Crippen molar-refractivity contribution in [1.29, 1.82) is 0 Å². The standard InChI is InChI=1S/C15H16F3NO4S/c1-3-4-11-8-12(19-14(11)20)10-5-6-13(9(2)7-10)23-24(21,22)15(16,17)18/h3,5-7,11-12H,1,4,8H2,2H3,(H,19,20). The maximum atomic E-state index is 12.4. The van der Waals surface area contributed by atoms with Crippen molar-refractivity contribution in [3.8, 4) is 5.75 Å². The minimum Gasteiger partial charge on any atom is -0.376 e. The van der Waals surface area contributed by atoms with Gasteiger partial charge in [0.15, 0.2) is 0 Å². The molecule has 1 aliphatic rings. The van der Waals surface area contributed by atoms with Crippen molar-refractivity contribution in [2.45, 2.75) is 31.3 Å². The summed E-state index contributed by atoms with van der Waals surface area (Å²) >= 11 is 0. The Morgan fingerprint density at radius 3 is 2.62 bits per heavy atom. The van der Waals surface area contributed by atoms with Crippen molar-refractivity contribution in [1.82, 2.24) is 5.32 Å². The summed E-state index contributed by atoms with van der Waals surface area (Å²) in [5.74, 6) is -0.713. The van der Waals surface area contributed by atoms with Gasteiger partial charge in [-0.1, -0.05) is 18.2 Å². The number of amides is 1. The second-order valence-corrected chi connectivity index (χ2v) is 7.06. The monoisotopic (exact) mass is 363 g/mol. The average Bonchev–Trinajstić information content (AvgIpc) is 2.81. The van der Waals surface area contributed by atoms with E-state index in [-0.39, 0.29) is 23.4 Å². The zero-order valence-corrected chi connectivity index (χ0v) is 13.6. The van der Waals surface area contributed by atoms with Gasteiger partial charge in [-0.25, -0.2) is 0 Å². The Morgan fingerprint density at radius 1 is 1.42 bits per heavy atom. The van der Waals surface area contributed by atoms with Crippen molar-refractivity contribution in [3.05, 3.63) is 42.0 Å². The molecule has 2 rings (SSSR count). The molecule has 1 aromatic rings. The number of rotatable bonds is 5. The quantitative estimate of drug-likeness (QED) is 0.496. The van der Waals surface area contributed by atoms with Crippen LogP contribution in [0.3, 0.4) is 0 Å². The fourth-order valence-corrected chi connectivity index (χ4v) is 3.03. The van der Waals surface area contributed by atoms with Crippen LogP contribution < -0.4 is 9.50 Å². The first-order valence-electron chi connectivity index (χ1n) is 7.07. The van der Waals surface area contributed by atoms with E-state index in [1.807, 2.05) is 0 Å². The van der Waals surface area contributed by atoms with Gasteiger partial charge in [0.25, 0.3) is 0 Å². The highest BCUT2D eigenvalue weighted by atomic mass is 32.2. The van der Waals surface area contributed by atoms with Crippen LogP contribution in [0.25, 0.3) is 0 Å². The second kappa shape index (κ2) is 6.46. The number of aryl methyl sites for hydroxylation is 1. The van der Waals surface area contributed by atoms with Crippen LogP contribution in [0.1, 0.15) is 30.0 Å². The van der Waals surface area contributed by atoms with E-state index >= 15 is 0 Å². The highest BCUT2D eigenvalue weighted by Gasteiger charge is 2.48. The van der Waals surface area contributed by atoms with Crippen LogP contribution in [0.4, 0.5) is 13.2 Å². The summed E-state index contributed by atoms with van der Waals surface area (Å²) < 4.78 is 63.4. The minimum atomic E-state index is -5.71. The molecule has 0 bridgehead atoms. The molecule has 1 aromatic carbocycles. The van der Waals surface area contributed by atoms with Gasteiger partial charge < -0.3 is 9.50 Å². The molecule has 0 aliphatic carbocycles. The molecule has 132 valence electrons. The largest absolute Gasteiger partial charge is 0.534 e. The van der Waals surface area contributed by atoms with Gasteiger partial charge in [-0.2, -0.15) is 21.6 Å². The van der Waals surface area contributed by atoms with Gasteiger partial charge in [0, 0.05) is 5.92 Å². The normalized spacial score (nSPS) is 21.4. The molecule has 1 amide bonds. The summed E-state index contributed by atoms with van der Waals surface area (Å²) in [4.78, 5) is 11.8. The molecule has 0 spiro atoms. The van der Waals surface area contributed by atoms with Gasteiger partial charge in [0.1, 0.15) is 5.75 Å². The van der Waals surface area contributed by atoms with Crippen LogP contribution in [0.5, 0.6) is 5.75 Å². The molecular weight excluding hydrogens is 347 g/mol. The third-order valence-corrected chi connectivity index (χ3v) is 4.71. The molecule has 5 nitrogen and oxygen atoms in total. The van der Waals surface area contributed by atoms with Gasteiger partial charge in [-0.05, 0) is 37.0 Å². The molecule has 2 atom stereocenters. The van der Waals surface area contributed by atoms with E-state index < -0.39 is 21.4 Å².